The van der Waals surface area contributed by atoms with Crippen molar-refractivity contribution in [2.75, 3.05) is 25.5 Å². The lowest BCUT2D eigenvalue weighted by Gasteiger charge is -2.39. The van der Waals surface area contributed by atoms with Gasteiger partial charge in [0.25, 0.3) is 0 Å². The number of aromatic nitrogens is 3. The quantitative estimate of drug-likeness (QED) is 0.171. The first-order valence-corrected chi connectivity index (χ1v) is 16.7. The van der Waals surface area contributed by atoms with Crippen LogP contribution >= 0.6 is 23.2 Å². The molecule has 14 heteroatoms. The molecule has 0 saturated carbocycles. The summed E-state index contributed by atoms with van der Waals surface area (Å²) in [4.78, 5) is 53.3. The molecular formula is C36H37Cl2FN6O5. The van der Waals surface area contributed by atoms with Gasteiger partial charge in [-0.1, -0.05) is 35.3 Å². The van der Waals surface area contributed by atoms with Crippen molar-refractivity contribution in [1.29, 1.82) is 0 Å². The van der Waals surface area contributed by atoms with Crippen LogP contribution in [-0.4, -0.2) is 74.9 Å². The van der Waals surface area contributed by atoms with Gasteiger partial charge in [-0.25, -0.2) is 19.2 Å². The van der Waals surface area contributed by atoms with E-state index in [9.17, 15) is 18.8 Å². The maximum atomic E-state index is 14.7. The summed E-state index contributed by atoms with van der Waals surface area (Å²) in [6.07, 6.45) is 4.05. The number of nitrogens with zero attached hydrogens (tertiary/aromatic N) is 5. The third-order valence-corrected chi connectivity index (χ3v) is 8.96. The minimum atomic E-state index is -0.807. The van der Waals surface area contributed by atoms with E-state index in [4.69, 9.17) is 37.7 Å². The molecule has 0 bridgehead atoms. The minimum Gasteiger partial charge on any atom is -0.481 e. The van der Waals surface area contributed by atoms with Crippen molar-refractivity contribution >= 4 is 53.0 Å². The van der Waals surface area contributed by atoms with Crippen molar-refractivity contribution in [1.82, 2.24) is 24.8 Å². The summed E-state index contributed by atoms with van der Waals surface area (Å²) in [7, 11) is 1.50. The van der Waals surface area contributed by atoms with Gasteiger partial charge >= 0.3 is 6.09 Å². The topological polar surface area (TPSA) is 127 Å². The van der Waals surface area contributed by atoms with E-state index in [2.05, 4.69) is 15.3 Å². The molecule has 5 rings (SSSR count). The Morgan fingerprint density at radius 2 is 1.76 bits per heavy atom. The number of hydrogen-bond acceptors (Lipinski definition) is 9. The molecule has 1 N–H and O–H groups in total. The van der Waals surface area contributed by atoms with E-state index in [1.54, 1.807) is 53.3 Å². The Labute approximate surface area is 299 Å². The van der Waals surface area contributed by atoms with Gasteiger partial charge in [-0.2, -0.15) is 0 Å². The lowest BCUT2D eigenvalue weighted by atomic mass is 10.0. The summed E-state index contributed by atoms with van der Waals surface area (Å²) < 4.78 is 26.2. The van der Waals surface area contributed by atoms with E-state index in [1.807, 2.05) is 26.8 Å². The molecule has 4 aromatic rings. The zero-order chi connectivity index (χ0) is 36.2. The number of benzene rings is 1. The molecule has 2 amide bonds. The highest BCUT2D eigenvalue weighted by Crippen LogP contribution is 2.41. The average Bonchev–Trinajstić information content (AvgIpc) is 3.08. The molecule has 0 spiro atoms. The predicted molar refractivity (Wildman–Crippen MR) is 189 cm³/mol. The molecule has 0 radical (unpaired) electrons. The van der Waals surface area contributed by atoms with E-state index in [1.165, 1.54) is 19.4 Å². The van der Waals surface area contributed by atoms with Crippen LogP contribution in [0.1, 0.15) is 56.5 Å². The van der Waals surface area contributed by atoms with Crippen molar-refractivity contribution in [2.45, 2.75) is 58.7 Å². The van der Waals surface area contributed by atoms with Crippen LogP contribution in [-0.2, 0) is 16.1 Å². The number of carbonyl (C=O) groups excluding carboxylic acids is 3. The highest BCUT2D eigenvalue weighted by Gasteiger charge is 2.33. The van der Waals surface area contributed by atoms with Crippen molar-refractivity contribution in [3.63, 3.8) is 0 Å². The number of piperidine rings is 1. The number of rotatable bonds is 9. The molecule has 0 unspecified atom stereocenters. The number of amides is 2. The van der Waals surface area contributed by atoms with Crippen LogP contribution in [0.4, 0.5) is 20.7 Å². The molecule has 50 heavy (non-hydrogen) atoms. The summed E-state index contributed by atoms with van der Waals surface area (Å²) >= 11 is 13.7. The van der Waals surface area contributed by atoms with E-state index in [0.717, 1.165) is 0 Å². The zero-order valence-corrected chi connectivity index (χ0v) is 29.8. The summed E-state index contributed by atoms with van der Waals surface area (Å²) in [5, 5.41) is 3.31. The largest absolute Gasteiger partial charge is 0.481 e. The molecule has 3 aromatic heterocycles. The van der Waals surface area contributed by atoms with E-state index in [0.29, 0.717) is 71.9 Å². The van der Waals surface area contributed by atoms with Crippen molar-refractivity contribution in [3.05, 3.63) is 81.8 Å². The monoisotopic (exact) mass is 722 g/mol. The van der Waals surface area contributed by atoms with Gasteiger partial charge in [0.15, 0.2) is 17.9 Å². The predicted octanol–water partition coefficient (Wildman–Crippen LogP) is 7.96. The fourth-order valence-electron chi connectivity index (χ4n) is 5.66. The first kappa shape index (κ1) is 36.5. The first-order valence-electron chi connectivity index (χ1n) is 15.9. The third kappa shape index (κ3) is 8.14. The Balaban J connectivity index is 1.44. The number of nitrogens with one attached hydrogen (secondary N) is 1. The molecule has 1 aromatic carbocycles. The fraction of sp³-hybridized carbons (Fsp3) is 0.333. The van der Waals surface area contributed by atoms with Crippen LogP contribution in [0.25, 0.3) is 22.5 Å². The fourth-order valence-corrected chi connectivity index (χ4v) is 6.23. The second-order valence-electron chi connectivity index (χ2n) is 12.7. The smallest absolute Gasteiger partial charge is 0.410 e. The number of likely N-dealkylation sites (tertiary alicyclic amines) is 1. The Morgan fingerprint density at radius 3 is 2.42 bits per heavy atom. The highest BCUT2D eigenvalue weighted by molar-refractivity contribution is 6.39. The molecule has 0 aliphatic carbocycles. The average molecular weight is 724 g/mol. The van der Waals surface area contributed by atoms with Gasteiger partial charge < -0.3 is 24.6 Å². The summed E-state index contributed by atoms with van der Waals surface area (Å²) in [6.45, 7) is 8.25. The number of ether oxygens (including phenoxy) is 2. The minimum absolute atomic E-state index is 0.00681. The maximum Gasteiger partial charge on any atom is 0.410 e. The van der Waals surface area contributed by atoms with E-state index in [-0.39, 0.29) is 39.9 Å². The van der Waals surface area contributed by atoms with Crippen molar-refractivity contribution in [3.8, 4) is 28.4 Å². The Bertz CT molecular complexity index is 1910. The number of anilines is 2. The second kappa shape index (κ2) is 15.4. The Hall–Kier alpha value is -4.81. The van der Waals surface area contributed by atoms with Crippen molar-refractivity contribution < 1.29 is 28.2 Å². The van der Waals surface area contributed by atoms with Gasteiger partial charge in [-0.05, 0) is 63.9 Å². The van der Waals surface area contributed by atoms with Crippen LogP contribution in [0.5, 0.6) is 5.88 Å². The lowest BCUT2D eigenvalue weighted by Crippen LogP contribution is -2.49. The van der Waals surface area contributed by atoms with Gasteiger partial charge in [-0.3, -0.25) is 14.6 Å². The number of pyridine rings is 3. The third-order valence-electron chi connectivity index (χ3n) is 8.17. The van der Waals surface area contributed by atoms with Crippen LogP contribution in [0.2, 0.25) is 10.0 Å². The number of carbonyl (C=O) groups is 3. The van der Waals surface area contributed by atoms with Crippen LogP contribution in [0.15, 0.2) is 54.9 Å². The number of methoxy groups -OCH3 is 1. The molecule has 1 saturated heterocycles. The lowest BCUT2D eigenvalue weighted by molar-refractivity contribution is -0.130. The second-order valence-corrected chi connectivity index (χ2v) is 13.5. The maximum absolute atomic E-state index is 14.7. The van der Waals surface area contributed by atoms with Crippen LogP contribution in [0.3, 0.4) is 0 Å². The van der Waals surface area contributed by atoms with Crippen LogP contribution < -0.4 is 10.1 Å². The van der Waals surface area contributed by atoms with Gasteiger partial charge in [0, 0.05) is 55.1 Å². The van der Waals surface area contributed by atoms with Crippen molar-refractivity contribution in [2.24, 2.45) is 0 Å². The molecule has 11 nitrogen and oxygen atoms in total. The number of halogens is 3. The molecule has 1 aliphatic heterocycles. The Morgan fingerprint density at radius 1 is 1.04 bits per heavy atom. The van der Waals surface area contributed by atoms with Gasteiger partial charge in [0.1, 0.15) is 5.60 Å². The van der Waals surface area contributed by atoms with E-state index < -0.39 is 17.5 Å². The van der Waals surface area contributed by atoms with E-state index >= 15 is 0 Å². The molecule has 262 valence electrons. The summed E-state index contributed by atoms with van der Waals surface area (Å²) in [6, 6.07) is 11.5. The first-order chi connectivity index (χ1) is 23.8. The summed E-state index contributed by atoms with van der Waals surface area (Å²) in [5.74, 6) is -0.668. The molecule has 4 heterocycles. The molecule has 1 aliphatic rings. The SMILES string of the molecule is COc1nc(-c2ccnc(-c3cccc(Nc4nccc(C=O)c4F)c3Cl)c2Cl)ccc1CN(C(=O)OC(C)(C)C)C1CCN(C(C)=O)CC1. The number of aldehydes is 1. The standard InChI is InChI=1S/C36H37Cl2FN6O5/c1-21(47)44-17-13-24(14-18-44)45(35(48)50-36(2,3)4)19-22-9-10-27(43-34(22)49-5)25-12-16-40-32(30(25)38)26-7-6-8-28(29(26)37)42-33-31(39)23(20-46)11-15-41-33/h6-12,15-16,20,24H,13-14,17-19H2,1-5H3,(H,41,42). The normalized spacial score (nSPS) is 13.5. The van der Waals surface area contributed by atoms with Gasteiger partial charge in [0.2, 0.25) is 11.8 Å². The summed E-state index contributed by atoms with van der Waals surface area (Å²) in [5.41, 5.74) is 1.98. The molecular weight excluding hydrogens is 686 g/mol. The number of hydrogen-bond donors (Lipinski definition) is 1. The molecule has 0 atom stereocenters. The van der Waals surface area contributed by atoms with Gasteiger partial charge in [-0.15, -0.1) is 0 Å². The van der Waals surface area contributed by atoms with Gasteiger partial charge in [0.05, 0.1) is 46.3 Å². The van der Waals surface area contributed by atoms with Crippen LogP contribution in [0, 0.1) is 5.82 Å². The molecule has 1 fully saturated rings. The zero-order valence-electron chi connectivity index (χ0n) is 28.3. The Kier molecular flexibility index (Phi) is 11.2. The highest BCUT2D eigenvalue weighted by atomic mass is 35.5.